The lowest BCUT2D eigenvalue weighted by Gasteiger charge is -2.05. The summed E-state index contributed by atoms with van der Waals surface area (Å²) in [6.45, 7) is 0. The lowest BCUT2D eigenvalue weighted by atomic mass is 10.2. The zero-order valence-electron chi connectivity index (χ0n) is 10.2. The molecule has 5 nitrogen and oxygen atoms in total. The van der Waals surface area contributed by atoms with Gasteiger partial charge in [-0.25, -0.2) is 9.78 Å². The van der Waals surface area contributed by atoms with E-state index in [0.29, 0.717) is 22.8 Å². The van der Waals surface area contributed by atoms with Crippen molar-refractivity contribution >= 4 is 5.97 Å². The topological polar surface area (TPSA) is 72.2 Å². The van der Waals surface area contributed by atoms with E-state index in [9.17, 15) is 4.79 Å². The molecule has 0 aliphatic heterocycles. The number of rotatable bonds is 3. The van der Waals surface area contributed by atoms with Gasteiger partial charge in [-0.3, -0.25) is 0 Å². The largest absolute Gasteiger partial charge is 0.465 e. The van der Waals surface area contributed by atoms with Crippen LogP contribution < -0.4 is 4.74 Å². The maximum absolute atomic E-state index is 11.4. The number of hydrogen-bond acceptors (Lipinski definition) is 5. The molecule has 0 bridgehead atoms. The molecule has 0 spiro atoms. The lowest BCUT2D eigenvalue weighted by molar-refractivity contribution is 0.0600. The van der Waals surface area contributed by atoms with E-state index in [4.69, 9.17) is 10.00 Å². The van der Waals surface area contributed by atoms with Crippen molar-refractivity contribution in [2.75, 3.05) is 7.11 Å². The van der Waals surface area contributed by atoms with E-state index < -0.39 is 5.97 Å². The van der Waals surface area contributed by atoms with Gasteiger partial charge < -0.3 is 9.47 Å². The van der Waals surface area contributed by atoms with Gasteiger partial charge in [-0.15, -0.1) is 0 Å². The van der Waals surface area contributed by atoms with Crippen LogP contribution in [0.25, 0.3) is 0 Å². The number of aromatic nitrogens is 1. The highest BCUT2D eigenvalue weighted by atomic mass is 16.5. The van der Waals surface area contributed by atoms with Crippen LogP contribution in [0.5, 0.6) is 11.6 Å². The van der Waals surface area contributed by atoms with Gasteiger partial charge in [0.1, 0.15) is 11.8 Å². The number of nitrogens with zero attached hydrogens (tertiary/aromatic N) is 2. The number of carbonyl (C=O) groups is 1. The fourth-order valence-corrected chi connectivity index (χ4v) is 1.43. The van der Waals surface area contributed by atoms with E-state index in [1.807, 2.05) is 6.07 Å². The van der Waals surface area contributed by atoms with Crippen LogP contribution in [0, 0.1) is 11.3 Å². The number of carbonyl (C=O) groups excluding carboxylic acids is 1. The van der Waals surface area contributed by atoms with Gasteiger partial charge in [0.2, 0.25) is 5.88 Å². The van der Waals surface area contributed by atoms with Crippen LogP contribution in [-0.4, -0.2) is 18.1 Å². The molecule has 1 aromatic heterocycles. The Morgan fingerprint density at radius 2 is 2.16 bits per heavy atom. The SMILES string of the molecule is COC(=O)c1cccc(Oc2ccc(C#N)cn2)c1. The van der Waals surface area contributed by atoms with Gasteiger partial charge >= 0.3 is 5.97 Å². The molecule has 0 saturated heterocycles. The molecule has 94 valence electrons. The number of methoxy groups -OCH3 is 1. The summed E-state index contributed by atoms with van der Waals surface area (Å²) in [7, 11) is 1.32. The van der Waals surface area contributed by atoms with E-state index in [2.05, 4.69) is 9.72 Å². The average Bonchev–Trinajstić information content (AvgIpc) is 2.47. The summed E-state index contributed by atoms with van der Waals surface area (Å²) < 4.78 is 10.1. The Morgan fingerprint density at radius 1 is 1.32 bits per heavy atom. The van der Waals surface area contributed by atoms with Gasteiger partial charge in [0.25, 0.3) is 0 Å². The predicted octanol–water partition coefficient (Wildman–Crippen LogP) is 2.53. The number of pyridine rings is 1. The van der Waals surface area contributed by atoms with Gasteiger partial charge in [-0.05, 0) is 24.3 Å². The Bertz CT molecular complexity index is 630. The molecule has 0 amide bonds. The van der Waals surface area contributed by atoms with Crippen molar-refractivity contribution in [3.63, 3.8) is 0 Å². The van der Waals surface area contributed by atoms with Crippen LogP contribution in [0.1, 0.15) is 15.9 Å². The predicted molar refractivity (Wildman–Crippen MR) is 66.8 cm³/mol. The Hall–Kier alpha value is -2.87. The molecule has 0 aliphatic rings. The number of nitriles is 1. The molecule has 1 heterocycles. The second-order valence-electron chi connectivity index (χ2n) is 3.62. The van der Waals surface area contributed by atoms with Crippen LogP contribution in [0.2, 0.25) is 0 Å². The molecule has 0 N–H and O–H groups in total. The normalized spacial score (nSPS) is 9.47. The van der Waals surface area contributed by atoms with Gasteiger partial charge in [0, 0.05) is 12.3 Å². The number of esters is 1. The second-order valence-corrected chi connectivity index (χ2v) is 3.62. The minimum Gasteiger partial charge on any atom is -0.465 e. The second kappa shape index (κ2) is 5.65. The van der Waals surface area contributed by atoms with Crippen molar-refractivity contribution in [3.8, 4) is 17.7 Å². The smallest absolute Gasteiger partial charge is 0.337 e. The van der Waals surface area contributed by atoms with Crippen molar-refractivity contribution in [1.29, 1.82) is 5.26 Å². The van der Waals surface area contributed by atoms with Gasteiger partial charge in [-0.2, -0.15) is 5.26 Å². The molecule has 19 heavy (non-hydrogen) atoms. The first-order valence-electron chi connectivity index (χ1n) is 5.45. The zero-order chi connectivity index (χ0) is 13.7. The first-order chi connectivity index (χ1) is 9.22. The van der Waals surface area contributed by atoms with Gasteiger partial charge in [0.15, 0.2) is 0 Å². The summed E-state index contributed by atoms with van der Waals surface area (Å²) in [5.74, 6) is 0.388. The van der Waals surface area contributed by atoms with Gasteiger partial charge in [-0.1, -0.05) is 6.07 Å². The molecule has 2 rings (SSSR count). The molecule has 0 saturated carbocycles. The maximum Gasteiger partial charge on any atom is 0.337 e. The van der Waals surface area contributed by atoms with Gasteiger partial charge in [0.05, 0.1) is 18.2 Å². The number of ether oxygens (including phenoxy) is 2. The van der Waals surface area contributed by atoms with Crippen molar-refractivity contribution in [1.82, 2.24) is 4.98 Å². The monoisotopic (exact) mass is 254 g/mol. The van der Waals surface area contributed by atoms with Crippen molar-refractivity contribution in [2.24, 2.45) is 0 Å². The molecule has 1 aromatic carbocycles. The molecule has 0 unspecified atom stereocenters. The van der Waals surface area contributed by atoms with E-state index >= 15 is 0 Å². The summed E-state index contributed by atoms with van der Waals surface area (Å²) in [5.41, 5.74) is 0.851. The summed E-state index contributed by atoms with van der Waals surface area (Å²) in [6, 6.07) is 11.7. The Labute approximate surface area is 110 Å². The third-order valence-corrected chi connectivity index (χ3v) is 2.34. The first-order valence-corrected chi connectivity index (χ1v) is 5.45. The van der Waals surface area contributed by atoms with Crippen molar-refractivity contribution < 1.29 is 14.3 Å². The fourth-order valence-electron chi connectivity index (χ4n) is 1.43. The molecular weight excluding hydrogens is 244 g/mol. The molecular formula is C14H10N2O3. The Kier molecular flexibility index (Phi) is 3.74. The van der Waals surface area contributed by atoms with E-state index in [0.717, 1.165) is 0 Å². The first kappa shape index (κ1) is 12.6. The van der Waals surface area contributed by atoms with Crippen LogP contribution >= 0.6 is 0 Å². The quantitative estimate of drug-likeness (QED) is 0.787. The van der Waals surface area contributed by atoms with Crippen LogP contribution in [0.15, 0.2) is 42.6 Å². The molecule has 0 aliphatic carbocycles. The average molecular weight is 254 g/mol. The number of benzene rings is 1. The van der Waals surface area contributed by atoms with Crippen LogP contribution in [0.3, 0.4) is 0 Å². The standard InChI is InChI=1S/C14H10N2O3/c1-18-14(17)11-3-2-4-12(7-11)19-13-6-5-10(8-15)9-16-13/h2-7,9H,1H3. The summed E-state index contributed by atoms with van der Waals surface area (Å²) in [6.07, 6.45) is 1.42. The molecule has 0 atom stereocenters. The molecule has 5 heteroatoms. The molecule has 0 radical (unpaired) electrons. The number of hydrogen-bond donors (Lipinski definition) is 0. The maximum atomic E-state index is 11.4. The van der Waals surface area contributed by atoms with Crippen LogP contribution in [-0.2, 0) is 4.74 Å². The third kappa shape index (κ3) is 3.07. The van der Waals surface area contributed by atoms with E-state index in [1.165, 1.54) is 13.3 Å². The van der Waals surface area contributed by atoms with Crippen LogP contribution in [0.4, 0.5) is 0 Å². The van der Waals surface area contributed by atoms with E-state index in [1.54, 1.807) is 36.4 Å². The highest BCUT2D eigenvalue weighted by molar-refractivity contribution is 5.89. The molecule has 0 fully saturated rings. The summed E-state index contributed by atoms with van der Waals surface area (Å²) in [4.78, 5) is 15.4. The third-order valence-electron chi connectivity index (χ3n) is 2.34. The fraction of sp³-hybridized carbons (Fsp3) is 0.0714. The minimum atomic E-state index is -0.432. The van der Waals surface area contributed by atoms with E-state index in [-0.39, 0.29) is 0 Å². The molecule has 2 aromatic rings. The van der Waals surface area contributed by atoms with Crippen molar-refractivity contribution in [2.45, 2.75) is 0 Å². The zero-order valence-corrected chi connectivity index (χ0v) is 10.2. The van der Waals surface area contributed by atoms with Crippen molar-refractivity contribution in [3.05, 3.63) is 53.7 Å². The highest BCUT2D eigenvalue weighted by Crippen LogP contribution is 2.20. The summed E-state index contributed by atoms with van der Waals surface area (Å²) >= 11 is 0. The summed E-state index contributed by atoms with van der Waals surface area (Å²) in [5, 5.41) is 8.66. The Morgan fingerprint density at radius 3 is 2.79 bits per heavy atom. The lowest BCUT2D eigenvalue weighted by Crippen LogP contribution is -2.01. The Balaban J connectivity index is 2.18. The highest BCUT2D eigenvalue weighted by Gasteiger charge is 2.07. The minimum absolute atomic E-state index is 0.348.